The van der Waals surface area contributed by atoms with Crippen LogP contribution in [0, 0.1) is 0 Å². The topological polar surface area (TPSA) is 77.9 Å². The molecule has 1 N–H and O–H groups in total. The van der Waals surface area contributed by atoms with Crippen molar-refractivity contribution in [3.05, 3.63) is 35.4 Å². The Balaban J connectivity index is 1.87. The fraction of sp³-hybridized carbons (Fsp3) is 0.591. The van der Waals surface area contributed by atoms with Crippen LogP contribution in [0.4, 0.5) is 0 Å². The predicted molar refractivity (Wildman–Crippen MR) is 108 cm³/mol. The highest BCUT2D eigenvalue weighted by molar-refractivity contribution is 5.80. The van der Waals surface area contributed by atoms with Crippen molar-refractivity contribution in [2.75, 3.05) is 19.6 Å². The minimum absolute atomic E-state index is 0.116. The van der Waals surface area contributed by atoms with E-state index in [1.807, 2.05) is 4.90 Å². The molecule has 6 heteroatoms. The van der Waals surface area contributed by atoms with Gasteiger partial charge in [-0.2, -0.15) is 0 Å². The zero-order chi connectivity index (χ0) is 20.7. The molecule has 154 valence electrons. The minimum atomic E-state index is -1.00. The van der Waals surface area contributed by atoms with E-state index in [-0.39, 0.29) is 24.4 Å². The second kappa shape index (κ2) is 10.2. The molecule has 1 fully saturated rings. The lowest BCUT2D eigenvalue weighted by atomic mass is 10.0. The fourth-order valence-corrected chi connectivity index (χ4v) is 3.76. The number of carboxylic acid groups (broad SMARTS) is 1. The molecule has 1 aliphatic rings. The molecular formula is C22H32N2O4. The van der Waals surface area contributed by atoms with E-state index in [0.29, 0.717) is 31.8 Å². The normalized spacial score (nSPS) is 17.3. The van der Waals surface area contributed by atoms with E-state index in [2.05, 4.69) is 38.1 Å². The van der Waals surface area contributed by atoms with Crippen molar-refractivity contribution in [3.8, 4) is 0 Å². The molecule has 1 aromatic carbocycles. The molecule has 1 saturated heterocycles. The summed E-state index contributed by atoms with van der Waals surface area (Å²) in [6.45, 7) is 6.69. The van der Waals surface area contributed by atoms with Gasteiger partial charge in [0, 0.05) is 32.5 Å². The van der Waals surface area contributed by atoms with Gasteiger partial charge in [-0.15, -0.1) is 0 Å². The number of amides is 2. The Hall–Kier alpha value is -2.37. The number of likely N-dealkylation sites (tertiary alicyclic amines) is 1. The van der Waals surface area contributed by atoms with Crippen molar-refractivity contribution < 1.29 is 19.5 Å². The molecule has 1 aliphatic heterocycles. The van der Waals surface area contributed by atoms with Crippen molar-refractivity contribution in [2.24, 2.45) is 0 Å². The molecule has 1 heterocycles. The number of rotatable bonds is 7. The molecule has 2 amide bonds. The summed E-state index contributed by atoms with van der Waals surface area (Å²) in [6, 6.07) is 8.32. The summed E-state index contributed by atoms with van der Waals surface area (Å²) >= 11 is 0. The lowest BCUT2D eigenvalue weighted by Crippen LogP contribution is -2.43. The highest BCUT2D eigenvalue weighted by atomic mass is 16.4. The molecule has 0 spiro atoms. The maximum Gasteiger partial charge on any atom is 0.323 e. The molecule has 0 aliphatic carbocycles. The summed E-state index contributed by atoms with van der Waals surface area (Å²) in [5.41, 5.74) is 2.46. The van der Waals surface area contributed by atoms with Crippen LogP contribution in [-0.2, 0) is 20.8 Å². The molecule has 0 saturated carbocycles. The molecule has 0 bridgehead atoms. The predicted octanol–water partition coefficient (Wildman–Crippen LogP) is 3.06. The summed E-state index contributed by atoms with van der Waals surface area (Å²) in [5.74, 6) is -0.606. The maximum absolute atomic E-state index is 12.6. The van der Waals surface area contributed by atoms with Gasteiger partial charge in [-0.3, -0.25) is 14.4 Å². The number of carbonyl (C=O) groups is 3. The Morgan fingerprint density at radius 3 is 2.39 bits per heavy atom. The highest BCUT2D eigenvalue weighted by Gasteiger charge is 2.27. The molecular weight excluding hydrogens is 356 g/mol. The zero-order valence-electron chi connectivity index (χ0n) is 17.2. The van der Waals surface area contributed by atoms with Crippen LogP contribution >= 0.6 is 0 Å². The minimum Gasteiger partial charge on any atom is -0.480 e. The van der Waals surface area contributed by atoms with E-state index in [1.165, 1.54) is 17.4 Å². The van der Waals surface area contributed by atoms with Crippen LogP contribution in [-0.4, -0.2) is 58.4 Å². The van der Waals surface area contributed by atoms with Gasteiger partial charge in [0.2, 0.25) is 11.8 Å². The van der Waals surface area contributed by atoms with E-state index in [0.717, 1.165) is 24.8 Å². The first kappa shape index (κ1) is 21.9. The van der Waals surface area contributed by atoms with Gasteiger partial charge < -0.3 is 14.9 Å². The number of hydrogen-bond acceptors (Lipinski definition) is 3. The van der Waals surface area contributed by atoms with Crippen molar-refractivity contribution >= 4 is 17.8 Å². The first-order valence-electron chi connectivity index (χ1n) is 10.1. The molecule has 1 atom stereocenters. The van der Waals surface area contributed by atoms with Gasteiger partial charge in [-0.05, 0) is 42.7 Å². The standard InChI is InChI=1S/C22H32N2O4/c1-16(2)19-9-6-18(7-10-19)8-11-21(26)23-13-4-5-20(12-14-23)24(17(3)25)15-22(27)28/h6-7,9-10,16,20H,4-5,8,11-15H2,1-3H3,(H,27,28). The third-order valence-corrected chi connectivity index (χ3v) is 5.48. The van der Waals surface area contributed by atoms with Crippen LogP contribution in [0.1, 0.15) is 63.5 Å². The van der Waals surface area contributed by atoms with Crippen molar-refractivity contribution in [2.45, 2.75) is 64.8 Å². The summed E-state index contributed by atoms with van der Waals surface area (Å²) in [4.78, 5) is 38.8. The van der Waals surface area contributed by atoms with Gasteiger partial charge in [0.25, 0.3) is 0 Å². The van der Waals surface area contributed by atoms with Crippen LogP contribution in [0.25, 0.3) is 0 Å². The zero-order valence-corrected chi connectivity index (χ0v) is 17.2. The number of aliphatic carboxylic acids is 1. The molecule has 0 aromatic heterocycles. The van der Waals surface area contributed by atoms with Crippen LogP contribution < -0.4 is 0 Å². The quantitative estimate of drug-likeness (QED) is 0.779. The highest BCUT2D eigenvalue weighted by Crippen LogP contribution is 2.19. The summed E-state index contributed by atoms with van der Waals surface area (Å²) < 4.78 is 0. The first-order valence-corrected chi connectivity index (χ1v) is 10.1. The van der Waals surface area contributed by atoms with Crippen molar-refractivity contribution in [1.82, 2.24) is 9.80 Å². The molecule has 2 rings (SSSR count). The maximum atomic E-state index is 12.6. The number of benzene rings is 1. The van der Waals surface area contributed by atoms with Gasteiger partial charge >= 0.3 is 5.97 Å². The largest absolute Gasteiger partial charge is 0.480 e. The Morgan fingerprint density at radius 2 is 1.82 bits per heavy atom. The van der Waals surface area contributed by atoms with Gasteiger partial charge in [0.05, 0.1) is 0 Å². The lowest BCUT2D eigenvalue weighted by Gasteiger charge is -2.28. The average Bonchev–Trinajstić information content (AvgIpc) is 2.90. The second-order valence-electron chi connectivity index (χ2n) is 7.90. The van der Waals surface area contributed by atoms with Crippen molar-refractivity contribution in [1.29, 1.82) is 0 Å². The molecule has 1 unspecified atom stereocenters. The van der Waals surface area contributed by atoms with Gasteiger partial charge in [0.1, 0.15) is 6.54 Å². The smallest absolute Gasteiger partial charge is 0.323 e. The number of aryl methyl sites for hydroxylation is 1. The number of nitrogens with zero attached hydrogens (tertiary/aromatic N) is 2. The Morgan fingerprint density at radius 1 is 1.14 bits per heavy atom. The van der Waals surface area contributed by atoms with Crippen LogP contribution in [0.5, 0.6) is 0 Å². The number of hydrogen-bond donors (Lipinski definition) is 1. The van der Waals surface area contributed by atoms with Crippen LogP contribution in [0.2, 0.25) is 0 Å². The van der Waals surface area contributed by atoms with E-state index >= 15 is 0 Å². The Bertz CT molecular complexity index is 684. The average molecular weight is 389 g/mol. The summed E-state index contributed by atoms with van der Waals surface area (Å²) in [6.07, 6.45) is 3.32. The fourth-order valence-electron chi connectivity index (χ4n) is 3.76. The molecule has 28 heavy (non-hydrogen) atoms. The van der Waals surface area contributed by atoms with E-state index in [4.69, 9.17) is 5.11 Å². The molecule has 0 radical (unpaired) electrons. The van der Waals surface area contributed by atoms with Gasteiger partial charge in [0.15, 0.2) is 0 Å². The Kier molecular flexibility index (Phi) is 8.03. The van der Waals surface area contributed by atoms with E-state index < -0.39 is 5.97 Å². The third kappa shape index (κ3) is 6.36. The summed E-state index contributed by atoms with van der Waals surface area (Å²) in [5, 5.41) is 9.04. The third-order valence-electron chi connectivity index (χ3n) is 5.48. The van der Waals surface area contributed by atoms with Gasteiger partial charge in [-0.1, -0.05) is 38.1 Å². The van der Waals surface area contributed by atoms with Crippen LogP contribution in [0.15, 0.2) is 24.3 Å². The molecule has 1 aromatic rings. The first-order chi connectivity index (χ1) is 13.3. The van der Waals surface area contributed by atoms with E-state index in [1.54, 1.807) is 0 Å². The molecule has 6 nitrogen and oxygen atoms in total. The summed E-state index contributed by atoms with van der Waals surface area (Å²) in [7, 11) is 0. The van der Waals surface area contributed by atoms with Gasteiger partial charge in [-0.25, -0.2) is 0 Å². The Labute approximate surface area is 167 Å². The number of carbonyl (C=O) groups excluding carboxylic acids is 2. The van der Waals surface area contributed by atoms with Crippen molar-refractivity contribution in [3.63, 3.8) is 0 Å². The SMILES string of the molecule is CC(=O)N(CC(=O)O)C1CCCN(C(=O)CCc2ccc(C(C)C)cc2)CC1. The number of carboxylic acids is 1. The van der Waals surface area contributed by atoms with Crippen LogP contribution in [0.3, 0.4) is 0 Å². The second-order valence-corrected chi connectivity index (χ2v) is 7.90. The van der Waals surface area contributed by atoms with E-state index in [9.17, 15) is 14.4 Å². The lowest BCUT2D eigenvalue weighted by molar-refractivity contribution is -0.145. The monoisotopic (exact) mass is 388 g/mol.